The molecule has 0 saturated heterocycles. The van der Waals surface area contributed by atoms with Gasteiger partial charge in [-0.1, -0.05) is 13.3 Å². The van der Waals surface area contributed by atoms with Crippen molar-refractivity contribution in [2.75, 3.05) is 24.5 Å². The van der Waals surface area contributed by atoms with Crippen LogP contribution in [0.1, 0.15) is 19.8 Å². The lowest BCUT2D eigenvalue weighted by atomic mass is 10.3. The molecule has 1 heterocycles. The Morgan fingerprint density at radius 2 is 2.00 bits per heavy atom. The van der Waals surface area contributed by atoms with Crippen LogP contribution < -0.4 is 10.6 Å². The molecule has 0 aliphatic carbocycles. The van der Waals surface area contributed by atoms with Gasteiger partial charge in [-0.25, -0.2) is 9.97 Å². The minimum atomic E-state index is 0.638. The van der Waals surface area contributed by atoms with Crippen LogP contribution in [0.3, 0.4) is 0 Å². The Morgan fingerprint density at radius 1 is 1.33 bits per heavy atom. The van der Waals surface area contributed by atoms with Gasteiger partial charge in [-0.3, -0.25) is 0 Å². The molecule has 0 bridgehead atoms. The highest BCUT2D eigenvalue weighted by molar-refractivity contribution is 14.1. The van der Waals surface area contributed by atoms with Gasteiger partial charge in [0, 0.05) is 35.6 Å². The van der Waals surface area contributed by atoms with Crippen LogP contribution in [-0.2, 0) is 0 Å². The molecule has 1 aromatic heterocycles. The first kappa shape index (κ1) is 12.6. The van der Waals surface area contributed by atoms with Gasteiger partial charge in [0.1, 0.15) is 0 Å². The maximum atomic E-state index is 5.57. The van der Waals surface area contributed by atoms with Gasteiger partial charge >= 0.3 is 0 Å². The van der Waals surface area contributed by atoms with E-state index in [2.05, 4.69) is 44.4 Å². The number of aromatic nitrogens is 2. The second kappa shape index (κ2) is 6.95. The second-order valence-electron chi connectivity index (χ2n) is 3.33. The summed E-state index contributed by atoms with van der Waals surface area (Å²) in [6.07, 6.45) is 5.98. The van der Waals surface area contributed by atoms with Gasteiger partial charge in [0.15, 0.2) is 0 Å². The summed E-state index contributed by atoms with van der Waals surface area (Å²) in [6, 6.07) is 0. The van der Waals surface area contributed by atoms with Crippen molar-refractivity contribution in [3.63, 3.8) is 0 Å². The number of anilines is 1. The predicted octanol–water partition coefficient (Wildman–Crippen LogP) is 1.65. The molecule has 84 valence electrons. The first-order valence-corrected chi connectivity index (χ1v) is 6.28. The van der Waals surface area contributed by atoms with Crippen LogP contribution >= 0.6 is 22.6 Å². The second-order valence-corrected chi connectivity index (χ2v) is 4.58. The molecular formula is C10H17IN4. The van der Waals surface area contributed by atoms with Gasteiger partial charge in [-0.2, -0.15) is 0 Å². The van der Waals surface area contributed by atoms with E-state index in [1.165, 1.54) is 6.42 Å². The largest absolute Gasteiger partial charge is 0.340 e. The normalized spacial score (nSPS) is 10.3. The molecule has 4 nitrogen and oxygen atoms in total. The zero-order valence-corrected chi connectivity index (χ0v) is 11.1. The molecular weight excluding hydrogens is 303 g/mol. The molecule has 1 rings (SSSR count). The van der Waals surface area contributed by atoms with Crippen molar-refractivity contribution in [1.82, 2.24) is 9.97 Å². The molecule has 5 heteroatoms. The van der Waals surface area contributed by atoms with Crippen LogP contribution in [0.15, 0.2) is 12.4 Å². The Kier molecular flexibility index (Phi) is 5.85. The van der Waals surface area contributed by atoms with Gasteiger partial charge in [0.25, 0.3) is 0 Å². The Hall–Kier alpha value is -0.430. The summed E-state index contributed by atoms with van der Waals surface area (Å²) in [7, 11) is 0. The molecule has 2 N–H and O–H groups in total. The summed E-state index contributed by atoms with van der Waals surface area (Å²) in [4.78, 5) is 10.7. The van der Waals surface area contributed by atoms with Crippen LogP contribution in [0, 0.1) is 3.57 Å². The molecule has 0 spiro atoms. The molecule has 0 radical (unpaired) electrons. The number of hydrogen-bond acceptors (Lipinski definition) is 4. The first-order chi connectivity index (χ1) is 7.27. The van der Waals surface area contributed by atoms with Gasteiger partial charge in [0.2, 0.25) is 5.95 Å². The average molecular weight is 320 g/mol. The van der Waals surface area contributed by atoms with Gasteiger partial charge in [0.05, 0.1) is 0 Å². The van der Waals surface area contributed by atoms with Crippen LogP contribution in [0.4, 0.5) is 5.95 Å². The van der Waals surface area contributed by atoms with E-state index < -0.39 is 0 Å². The Morgan fingerprint density at radius 3 is 2.53 bits per heavy atom. The molecule has 0 unspecified atom stereocenters. The molecule has 0 aliphatic heterocycles. The molecule has 1 aromatic rings. The number of rotatable bonds is 6. The Balaban J connectivity index is 2.65. The van der Waals surface area contributed by atoms with E-state index in [0.717, 1.165) is 29.0 Å². The van der Waals surface area contributed by atoms with Gasteiger partial charge in [-0.15, -0.1) is 0 Å². The van der Waals surface area contributed by atoms with Crippen molar-refractivity contribution in [2.24, 2.45) is 5.73 Å². The van der Waals surface area contributed by atoms with Crippen LogP contribution in [0.2, 0.25) is 0 Å². The smallest absolute Gasteiger partial charge is 0.225 e. The van der Waals surface area contributed by atoms with E-state index in [1.807, 2.05) is 12.4 Å². The zero-order valence-electron chi connectivity index (χ0n) is 8.99. The molecule has 0 aromatic carbocycles. The molecule has 0 saturated carbocycles. The fourth-order valence-corrected chi connectivity index (χ4v) is 1.56. The van der Waals surface area contributed by atoms with E-state index in [9.17, 15) is 0 Å². The fraction of sp³-hybridized carbons (Fsp3) is 0.600. The summed E-state index contributed by atoms with van der Waals surface area (Å²) >= 11 is 2.20. The molecule has 0 atom stereocenters. The third-order valence-corrected chi connectivity index (χ3v) is 2.63. The van der Waals surface area contributed by atoms with Crippen molar-refractivity contribution in [1.29, 1.82) is 0 Å². The molecule has 0 aliphatic rings. The molecule has 15 heavy (non-hydrogen) atoms. The van der Waals surface area contributed by atoms with Crippen LogP contribution in [-0.4, -0.2) is 29.6 Å². The highest BCUT2D eigenvalue weighted by Crippen LogP contribution is 2.09. The van der Waals surface area contributed by atoms with E-state index in [-0.39, 0.29) is 0 Å². The summed E-state index contributed by atoms with van der Waals surface area (Å²) in [6.45, 7) is 4.61. The standard InChI is InChI=1S/C10H17IN4/c1-2-3-5-15(6-4-12)10-13-7-9(11)8-14-10/h7-8H,2-6,12H2,1H3. The maximum absolute atomic E-state index is 5.57. The van der Waals surface area contributed by atoms with Crippen molar-refractivity contribution in [3.8, 4) is 0 Å². The monoisotopic (exact) mass is 320 g/mol. The first-order valence-electron chi connectivity index (χ1n) is 5.20. The van der Waals surface area contributed by atoms with Crippen molar-refractivity contribution in [2.45, 2.75) is 19.8 Å². The summed E-state index contributed by atoms with van der Waals surface area (Å²) in [5.74, 6) is 0.786. The van der Waals surface area contributed by atoms with Gasteiger partial charge < -0.3 is 10.6 Å². The Bertz CT molecular complexity index is 275. The lowest BCUT2D eigenvalue weighted by molar-refractivity contribution is 0.697. The summed E-state index contributed by atoms with van der Waals surface area (Å²) in [5.41, 5.74) is 5.57. The van der Waals surface area contributed by atoms with Crippen molar-refractivity contribution in [3.05, 3.63) is 16.0 Å². The minimum absolute atomic E-state index is 0.638. The number of unbranched alkanes of at least 4 members (excludes halogenated alkanes) is 1. The van der Waals surface area contributed by atoms with E-state index >= 15 is 0 Å². The number of nitrogens with zero attached hydrogens (tertiary/aromatic N) is 3. The maximum Gasteiger partial charge on any atom is 0.225 e. The summed E-state index contributed by atoms with van der Waals surface area (Å²) in [5, 5.41) is 0. The third-order valence-electron chi connectivity index (χ3n) is 2.07. The van der Waals surface area contributed by atoms with Crippen LogP contribution in [0.5, 0.6) is 0 Å². The lowest BCUT2D eigenvalue weighted by Gasteiger charge is -2.21. The lowest BCUT2D eigenvalue weighted by Crippen LogP contribution is -2.31. The van der Waals surface area contributed by atoms with E-state index in [0.29, 0.717) is 6.54 Å². The zero-order chi connectivity index (χ0) is 11.1. The quantitative estimate of drug-likeness (QED) is 0.810. The van der Waals surface area contributed by atoms with Crippen molar-refractivity contribution >= 4 is 28.5 Å². The van der Waals surface area contributed by atoms with E-state index in [4.69, 9.17) is 5.73 Å². The molecule has 0 amide bonds. The van der Waals surface area contributed by atoms with Crippen LogP contribution in [0.25, 0.3) is 0 Å². The highest BCUT2D eigenvalue weighted by atomic mass is 127. The average Bonchev–Trinajstić information content (AvgIpc) is 2.25. The number of halogens is 1. The highest BCUT2D eigenvalue weighted by Gasteiger charge is 2.07. The topological polar surface area (TPSA) is 55.0 Å². The van der Waals surface area contributed by atoms with Gasteiger partial charge in [-0.05, 0) is 29.0 Å². The number of nitrogens with two attached hydrogens (primary N) is 1. The fourth-order valence-electron chi connectivity index (χ4n) is 1.29. The van der Waals surface area contributed by atoms with Crippen molar-refractivity contribution < 1.29 is 0 Å². The third kappa shape index (κ3) is 4.29. The van der Waals surface area contributed by atoms with E-state index in [1.54, 1.807) is 0 Å². The summed E-state index contributed by atoms with van der Waals surface area (Å²) < 4.78 is 1.06. The minimum Gasteiger partial charge on any atom is -0.340 e. The predicted molar refractivity (Wildman–Crippen MR) is 70.9 cm³/mol. The Labute approximate surface area is 104 Å². The SMILES string of the molecule is CCCCN(CCN)c1ncc(I)cn1. The number of hydrogen-bond donors (Lipinski definition) is 1. The molecule has 0 fully saturated rings.